The molecule has 3 aromatic rings. The summed E-state index contributed by atoms with van der Waals surface area (Å²) in [4.78, 5) is 15.8. The normalized spacial score (nSPS) is 12.5. The Labute approximate surface area is 135 Å². The van der Waals surface area contributed by atoms with E-state index in [1.165, 1.54) is 0 Å². The number of aryl methyl sites for hydroxylation is 1. The van der Waals surface area contributed by atoms with Crippen molar-refractivity contribution in [1.29, 1.82) is 0 Å². The van der Waals surface area contributed by atoms with E-state index in [4.69, 9.17) is 0 Å². The Bertz CT molecular complexity index is 831. The maximum absolute atomic E-state index is 12.5. The Morgan fingerprint density at radius 1 is 1.35 bits per heavy atom. The molecule has 5 heteroatoms. The Balaban J connectivity index is 1.80. The maximum atomic E-state index is 12.5. The fraction of sp³-hybridized carbons (Fsp3) is 0.333. The van der Waals surface area contributed by atoms with E-state index in [0.717, 1.165) is 34.4 Å². The van der Waals surface area contributed by atoms with E-state index in [2.05, 4.69) is 29.2 Å². The number of hydrogen-bond acceptors (Lipinski definition) is 2. The van der Waals surface area contributed by atoms with Gasteiger partial charge in [0.15, 0.2) is 0 Å². The Morgan fingerprint density at radius 2 is 2.13 bits per heavy atom. The van der Waals surface area contributed by atoms with Crippen LogP contribution in [-0.4, -0.2) is 20.7 Å². The third-order valence-electron chi connectivity index (χ3n) is 4.31. The lowest BCUT2D eigenvalue weighted by Gasteiger charge is -2.14. The van der Waals surface area contributed by atoms with Crippen molar-refractivity contribution >= 4 is 22.6 Å². The zero-order valence-corrected chi connectivity index (χ0v) is 13.8. The summed E-state index contributed by atoms with van der Waals surface area (Å²) in [7, 11) is 0. The number of nitrogens with zero attached hydrogens (tertiary/aromatic N) is 2. The number of aromatic amines is 1. The molecule has 23 heavy (non-hydrogen) atoms. The van der Waals surface area contributed by atoms with Gasteiger partial charge in [0.1, 0.15) is 5.82 Å². The standard InChI is InChI=1S/C18H22N4O/c1-4-12(2)22-17(9-10-19-22)21-18(23)11-15-13(3)20-16-8-6-5-7-14(15)16/h5-10,12,20H,4,11H2,1-3H3,(H,21,23). The van der Waals surface area contributed by atoms with E-state index < -0.39 is 0 Å². The smallest absolute Gasteiger partial charge is 0.230 e. The molecule has 0 bridgehead atoms. The van der Waals surface area contributed by atoms with Gasteiger partial charge in [0.25, 0.3) is 0 Å². The van der Waals surface area contributed by atoms with Gasteiger partial charge >= 0.3 is 0 Å². The van der Waals surface area contributed by atoms with Crippen molar-refractivity contribution in [2.24, 2.45) is 0 Å². The second-order valence-electron chi connectivity index (χ2n) is 5.92. The maximum Gasteiger partial charge on any atom is 0.230 e. The summed E-state index contributed by atoms with van der Waals surface area (Å²) >= 11 is 0. The van der Waals surface area contributed by atoms with Gasteiger partial charge in [-0.15, -0.1) is 0 Å². The third kappa shape index (κ3) is 2.99. The summed E-state index contributed by atoms with van der Waals surface area (Å²) in [6, 6.07) is 10.2. The van der Waals surface area contributed by atoms with Crippen molar-refractivity contribution in [1.82, 2.24) is 14.8 Å². The number of carbonyl (C=O) groups is 1. The van der Waals surface area contributed by atoms with Crippen molar-refractivity contribution < 1.29 is 4.79 Å². The molecule has 1 atom stereocenters. The molecule has 0 saturated carbocycles. The van der Waals surface area contributed by atoms with E-state index >= 15 is 0 Å². The molecule has 0 aliphatic heterocycles. The highest BCUT2D eigenvalue weighted by molar-refractivity contribution is 5.95. The molecule has 2 heterocycles. The van der Waals surface area contributed by atoms with Crippen molar-refractivity contribution in [2.75, 3.05) is 5.32 Å². The molecule has 0 fully saturated rings. The van der Waals surface area contributed by atoms with Crippen molar-refractivity contribution in [3.8, 4) is 0 Å². The van der Waals surface area contributed by atoms with Gasteiger partial charge in [0.05, 0.1) is 18.7 Å². The number of fused-ring (bicyclic) bond motifs is 1. The summed E-state index contributed by atoms with van der Waals surface area (Å²) < 4.78 is 1.86. The van der Waals surface area contributed by atoms with Crippen LogP contribution < -0.4 is 5.32 Å². The lowest BCUT2D eigenvalue weighted by Crippen LogP contribution is -2.19. The zero-order chi connectivity index (χ0) is 16.4. The first-order valence-electron chi connectivity index (χ1n) is 7.99. The molecule has 0 radical (unpaired) electrons. The highest BCUT2D eigenvalue weighted by atomic mass is 16.1. The van der Waals surface area contributed by atoms with Crippen molar-refractivity contribution in [3.63, 3.8) is 0 Å². The highest BCUT2D eigenvalue weighted by Gasteiger charge is 2.15. The van der Waals surface area contributed by atoms with Gasteiger partial charge in [0, 0.05) is 22.7 Å². The number of aromatic nitrogens is 3. The minimum atomic E-state index is -0.0251. The van der Waals surface area contributed by atoms with Gasteiger partial charge in [-0.05, 0) is 31.9 Å². The average Bonchev–Trinajstić information content (AvgIpc) is 3.12. The number of nitrogens with one attached hydrogen (secondary N) is 2. The minimum absolute atomic E-state index is 0.0251. The number of rotatable bonds is 5. The van der Waals surface area contributed by atoms with Crippen molar-refractivity contribution in [3.05, 3.63) is 47.8 Å². The molecule has 0 saturated heterocycles. The summed E-state index contributed by atoms with van der Waals surface area (Å²) in [5.74, 6) is 0.727. The molecule has 1 amide bonds. The van der Waals surface area contributed by atoms with E-state index in [-0.39, 0.29) is 11.9 Å². The summed E-state index contributed by atoms with van der Waals surface area (Å²) in [6.07, 6.45) is 3.03. The van der Waals surface area contributed by atoms with Gasteiger partial charge < -0.3 is 10.3 Å². The van der Waals surface area contributed by atoms with Crippen LogP contribution in [-0.2, 0) is 11.2 Å². The highest BCUT2D eigenvalue weighted by Crippen LogP contribution is 2.23. The van der Waals surface area contributed by atoms with Crippen LogP contribution in [0.1, 0.15) is 37.6 Å². The van der Waals surface area contributed by atoms with Crippen LogP contribution in [0.4, 0.5) is 5.82 Å². The lowest BCUT2D eigenvalue weighted by atomic mass is 10.1. The van der Waals surface area contributed by atoms with E-state index in [1.54, 1.807) is 6.20 Å². The van der Waals surface area contributed by atoms with Gasteiger partial charge in [-0.1, -0.05) is 25.1 Å². The number of H-pyrrole nitrogens is 1. The molecule has 0 spiro atoms. The van der Waals surface area contributed by atoms with Crippen LogP contribution in [0, 0.1) is 6.92 Å². The Hall–Kier alpha value is -2.56. The molecule has 2 N–H and O–H groups in total. The van der Waals surface area contributed by atoms with Gasteiger partial charge in [-0.25, -0.2) is 4.68 Å². The molecule has 1 aromatic carbocycles. The van der Waals surface area contributed by atoms with Crippen LogP contribution in [0.2, 0.25) is 0 Å². The lowest BCUT2D eigenvalue weighted by molar-refractivity contribution is -0.115. The SMILES string of the molecule is CCC(C)n1nccc1NC(=O)Cc1c(C)[nH]c2ccccc12. The van der Waals surface area contributed by atoms with Crippen molar-refractivity contribution in [2.45, 2.75) is 39.7 Å². The molecule has 1 unspecified atom stereocenters. The summed E-state index contributed by atoms with van der Waals surface area (Å²) in [5.41, 5.74) is 3.15. The van der Waals surface area contributed by atoms with Gasteiger partial charge in [0.2, 0.25) is 5.91 Å². The van der Waals surface area contributed by atoms with Crippen LogP contribution in [0.5, 0.6) is 0 Å². The molecule has 0 aliphatic rings. The predicted octanol–water partition coefficient (Wildman–Crippen LogP) is 3.83. The Morgan fingerprint density at radius 3 is 2.91 bits per heavy atom. The first-order chi connectivity index (χ1) is 11.1. The van der Waals surface area contributed by atoms with E-state index in [0.29, 0.717) is 6.42 Å². The molecule has 5 nitrogen and oxygen atoms in total. The van der Waals surface area contributed by atoms with E-state index in [9.17, 15) is 4.79 Å². The summed E-state index contributed by atoms with van der Waals surface area (Å²) in [5, 5.41) is 8.39. The third-order valence-corrected chi connectivity index (χ3v) is 4.31. The zero-order valence-electron chi connectivity index (χ0n) is 13.8. The minimum Gasteiger partial charge on any atom is -0.358 e. The van der Waals surface area contributed by atoms with Crippen LogP contribution in [0.3, 0.4) is 0 Å². The molecule has 3 rings (SSSR count). The fourth-order valence-corrected chi connectivity index (χ4v) is 2.85. The monoisotopic (exact) mass is 310 g/mol. The molecular formula is C18H22N4O. The number of para-hydroxylation sites is 1. The molecule has 120 valence electrons. The van der Waals surface area contributed by atoms with Gasteiger partial charge in [-0.2, -0.15) is 5.10 Å². The largest absolute Gasteiger partial charge is 0.358 e. The topological polar surface area (TPSA) is 62.7 Å². The molecular weight excluding hydrogens is 288 g/mol. The second-order valence-corrected chi connectivity index (χ2v) is 5.92. The summed E-state index contributed by atoms with van der Waals surface area (Å²) in [6.45, 7) is 6.20. The number of amides is 1. The van der Waals surface area contributed by atoms with Crippen LogP contribution in [0.15, 0.2) is 36.5 Å². The number of benzene rings is 1. The van der Waals surface area contributed by atoms with E-state index in [1.807, 2.05) is 41.9 Å². The molecule has 2 aromatic heterocycles. The van der Waals surface area contributed by atoms with Gasteiger partial charge in [-0.3, -0.25) is 4.79 Å². The quantitative estimate of drug-likeness (QED) is 0.752. The first kappa shape index (κ1) is 15.3. The number of hydrogen-bond donors (Lipinski definition) is 2. The second kappa shape index (κ2) is 6.28. The fourth-order valence-electron chi connectivity index (χ4n) is 2.85. The van der Waals surface area contributed by atoms with Crippen LogP contribution >= 0.6 is 0 Å². The average molecular weight is 310 g/mol. The number of anilines is 1. The van der Waals surface area contributed by atoms with Crippen LogP contribution in [0.25, 0.3) is 10.9 Å². The Kier molecular flexibility index (Phi) is 4.19. The first-order valence-corrected chi connectivity index (χ1v) is 7.99. The number of carbonyl (C=O) groups excluding carboxylic acids is 1. The predicted molar refractivity (Wildman–Crippen MR) is 92.6 cm³/mol. The molecule has 0 aliphatic carbocycles.